The minimum absolute atomic E-state index is 0.0826. The molecule has 0 radical (unpaired) electrons. The van der Waals surface area contributed by atoms with E-state index in [1.807, 2.05) is 24.3 Å². The van der Waals surface area contributed by atoms with Crippen LogP contribution in [0.5, 0.6) is 0 Å². The lowest BCUT2D eigenvalue weighted by atomic mass is 9.99. The van der Waals surface area contributed by atoms with Crippen LogP contribution >= 0.6 is 0 Å². The predicted octanol–water partition coefficient (Wildman–Crippen LogP) is 2.97. The van der Waals surface area contributed by atoms with Gasteiger partial charge in [-0.05, 0) is 23.3 Å². The van der Waals surface area contributed by atoms with E-state index in [1.54, 1.807) is 0 Å². The lowest BCUT2D eigenvalue weighted by Crippen LogP contribution is -2.36. The fourth-order valence-electron chi connectivity index (χ4n) is 2.54. The quantitative estimate of drug-likeness (QED) is 0.937. The Hall–Kier alpha value is -2.41. The molecular weight excluding hydrogens is 321 g/mol. The number of amides is 1. The van der Waals surface area contributed by atoms with Gasteiger partial charge in [-0.25, -0.2) is 0 Å². The van der Waals surface area contributed by atoms with Crippen molar-refractivity contribution < 1.29 is 22.7 Å². The van der Waals surface area contributed by atoms with Gasteiger partial charge in [-0.15, -0.1) is 0 Å². The summed E-state index contributed by atoms with van der Waals surface area (Å²) in [4.78, 5) is 15.3. The van der Waals surface area contributed by atoms with Crippen LogP contribution in [0.4, 0.5) is 13.2 Å². The monoisotopic (exact) mass is 336 g/mol. The summed E-state index contributed by atoms with van der Waals surface area (Å²) in [5, 5.41) is 2.67. The number of alkyl halides is 3. The number of fused-ring (bicyclic) bond motifs is 1. The summed E-state index contributed by atoms with van der Waals surface area (Å²) in [6, 6.07) is 9.82. The van der Waals surface area contributed by atoms with E-state index in [1.165, 1.54) is 5.56 Å². The molecule has 1 amide bonds. The fourth-order valence-corrected chi connectivity index (χ4v) is 2.54. The van der Waals surface area contributed by atoms with Gasteiger partial charge in [0.15, 0.2) is 0 Å². The third kappa shape index (κ3) is 3.73. The van der Waals surface area contributed by atoms with Crippen LogP contribution in [0.3, 0.4) is 0 Å². The molecule has 0 spiro atoms. The van der Waals surface area contributed by atoms with Crippen molar-refractivity contribution in [3.63, 3.8) is 0 Å². The second-order valence-electron chi connectivity index (χ2n) is 5.55. The first kappa shape index (κ1) is 16.4. The van der Waals surface area contributed by atoms with E-state index < -0.39 is 17.8 Å². The van der Waals surface area contributed by atoms with E-state index in [9.17, 15) is 18.0 Å². The molecule has 1 N–H and O–H groups in total. The lowest BCUT2D eigenvalue weighted by molar-refractivity contribution is -0.141. The third-order valence-corrected chi connectivity index (χ3v) is 3.85. The Labute approximate surface area is 136 Å². The number of halogens is 3. The van der Waals surface area contributed by atoms with Crippen LogP contribution in [0.2, 0.25) is 0 Å². The number of nitrogens with zero attached hydrogens (tertiary/aromatic N) is 1. The number of hydrogen-bond donors (Lipinski definition) is 1. The van der Waals surface area contributed by atoms with Crippen molar-refractivity contribution in [3.05, 3.63) is 65.0 Å². The molecule has 4 nitrogen and oxygen atoms in total. The molecule has 1 aromatic carbocycles. The van der Waals surface area contributed by atoms with Gasteiger partial charge in [0.05, 0.1) is 18.3 Å². The van der Waals surface area contributed by atoms with Crippen LogP contribution in [0.15, 0.2) is 42.6 Å². The molecule has 1 atom stereocenters. The lowest BCUT2D eigenvalue weighted by Gasteiger charge is -2.25. The molecule has 0 bridgehead atoms. The van der Waals surface area contributed by atoms with Crippen molar-refractivity contribution in [1.82, 2.24) is 10.3 Å². The first-order valence-electron chi connectivity index (χ1n) is 7.43. The van der Waals surface area contributed by atoms with E-state index in [0.717, 1.165) is 23.9 Å². The summed E-state index contributed by atoms with van der Waals surface area (Å²) in [6.07, 6.45) is -3.07. The van der Waals surface area contributed by atoms with Gasteiger partial charge in [0.2, 0.25) is 0 Å². The van der Waals surface area contributed by atoms with Gasteiger partial charge in [0.1, 0.15) is 5.69 Å². The maximum atomic E-state index is 12.5. The van der Waals surface area contributed by atoms with Crippen LogP contribution in [-0.2, 0) is 23.9 Å². The number of benzene rings is 1. The number of carbonyl (C=O) groups is 1. The van der Waals surface area contributed by atoms with E-state index in [2.05, 4.69) is 10.3 Å². The van der Waals surface area contributed by atoms with Gasteiger partial charge in [0, 0.05) is 19.2 Å². The van der Waals surface area contributed by atoms with Gasteiger partial charge in [-0.3, -0.25) is 9.78 Å². The van der Waals surface area contributed by atoms with Gasteiger partial charge in [-0.1, -0.05) is 24.3 Å². The highest BCUT2D eigenvalue weighted by Gasteiger charge is 2.32. The molecule has 1 aliphatic heterocycles. The van der Waals surface area contributed by atoms with Crippen LogP contribution in [0.1, 0.15) is 27.2 Å². The number of carbonyl (C=O) groups excluding carboxylic acids is 1. The molecule has 0 saturated carbocycles. The number of ether oxygens (including phenoxy) is 1. The summed E-state index contributed by atoms with van der Waals surface area (Å²) in [7, 11) is 0. The van der Waals surface area contributed by atoms with Crippen LogP contribution < -0.4 is 5.32 Å². The highest BCUT2D eigenvalue weighted by molar-refractivity contribution is 5.93. The van der Waals surface area contributed by atoms with Crippen molar-refractivity contribution >= 4 is 5.91 Å². The van der Waals surface area contributed by atoms with E-state index in [-0.39, 0.29) is 18.2 Å². The number of nitrogens with one attached hydrogen (secondary N) is 1. The molecule has 1 aromatic heterocycles. The first-order valence-corrected chi connectivity index (χ1v) is 7.43. The molecule has 7 heteroatoms. The minimum Gasteiger partial charge on any atom is -0.371 e. The predicted molar refractivity (Wildman–Crippen MR) is 80.3 cm³/mol. The Kier molecular flexibility index (Phi) is 4.53. The van der Waals surface area contributed by atoms with Crippen molar-refractivity contribution in [2.24, 2.45) is 0 Å². The molecule has 3 rings (SSSR count). The van der Waals surface area contributed by atoms with Crippen molar-refractivity contribution in [1.29, 1.82) is 0 Å². The molecule has 1 unspecified atom stereocenters. The Bertz CT molecular complexity index is 729. The molecule has 0 saturated heterocycles. The van der Waals surface area contributed by atoms with Crippen molar-refractivity contribution in [2.45, 2.75) is 25.3 Å². The average Bonchev–Trinajstić information content (AvgIpc) is 2.59. The Morgan fingerprint density at radius 1 is 1.21 bits per heavy atom. The van der Waals surface area contributed by atoms with E-state index in [4.69, 9.17) is 4.74 Å². The summed E-state index contributed by atoms with van der Waals surface area (Å²) in [5.74, 6) is -0.473. The summed E-state index contributed by atoms with van der Waals surface area (Å²) in [6.45, 7) is 0.771. The van der Waals surface area contributed by atoms with Crippen LogP contribution in [0, 0.1) is 0 Å². The summed E-state index contributed by atoms with van der Waals surface area (Å²) < 4.78 is 43.0. The van der Waals surface area contributed by atoms with E-state index >= 15 is 0 Å². The third-order valence-electron chi connectivity index (χ3n) is 3.85. The Morgan fingerprint density at radius 3 is 2.62 bits per heavy atom. The second-order valence-corrected chi connectivity index (χ2v) is 5.55. The summed E-state index contributed by atoms with van der Waals surface area (Å²) >= 11 is 0. The zero-order valence-electron chi connectivity index (χ0n) is 12.6. The standard InChI is InChI=1S/C17H15F3N2O2/c18-17(19,20)15-6-5-12(8-21-15)16(23)22-9-14-7-11-3-1-2-4-13(11)10-24-14/h1-6,8,14H,7,9-10H2,(H,22,23). The highest BCUT2D eigenvalue weighted by Crippen LogP contribution is 2.27. The largest absolute Gasteiger partial charge is 0.433 e. The van der Waals surface area contributed by atoms with Crippen LogP contribution in [0.25, 0.3) is 0 Å². The smallest absolute Gasteiger partial charge is 0.371 e. The topological polar surface area (TPSA) is 51.2 Å². The van der Waals surface area contributed by atoms with Crippen molar-refractivity contribution in [3.8, 4) is 0 Å². The molecule has 0 aliphatic carbocycles. The fraction of sp³-hybridized carbons (Fsp3) is 0.294. The van der Waals surface area contributed by atoms with Crippen LogP contribution in [-0.4, -0.2) is 23.5 Å². The van der Waals surface area contributed by atoms with Gasteiger partial charge < -0.3 is 10.1 Å². The normalized spacial score (nSPS) is 17.2. The van der Waals surface area contributed by atoms with Gasteiger partial charge in [-0.2, -0.15) is 13.2 Å². The molecule has 1 aliphatic rings. The average molecular weight is 336 g/mol. The van der Waals surface area contributed by atoms with Gasteiger partial charge in [0.25, 0.3) is 5.91 Å². The maximum Gasteiger partial charge on any atom is 0.433 e. The number of aromatic nitrogens is 1. The molecule has 0 fully saturated rings. The Balaban J connectivity index is 1.56. The molecule has 2 aromatic rings. The zero-order chi connectivity index (χ0) is 17.2. The number of hydrogen-bond acceptors (Lipinski definition) is 3. The minimum atomic E-state index is -4.52. The maximum absolute atomic E-state index is 12.5. The first-order chi connectivity index (χ1) is 11.4. The summed E-state index contributed by atoms with van der Waals surface area (Å²) in [5.41, 5.74) is 1.37. The molecular formula is C17H15F3N2O2. The van der Waals surface area contributed by atoms with E-state index in [0.29, 0.717) is 13.0 Å². The molecule has 126 valence electrons. The number of rotatable bonds is 3. The van der Waals surface area contributed by atoms with Crippen molar-refractivity contribution in [2.75, 3.05) is 6.54 Å². The van der Waals surface area contributed by atoms with Gasteiger partial charge >= 0.3 is 6.18 Å². The zero-order valence-corrected chi connectivity index (χ0v) is 12.6. The Morgan fingerprint density at radius 2 is 1.96 bits per heavy atom. The molecule has 24 heavy (non-hydrogen) atoms. The SMILES string of the molecule is O=C(NCC1Cc2ccccc2CO1)c1ccc(C(F)(F)F)nc1. The highest BCUT2D eigenvalue weighted by atomic mass is 19.4. The molecule has 2 heterocycles. The second kappa shape index (κ2) is 6.60. The number of pyridine rings is 1.